The molecule has 2 aromatic carbocycles. The first-order valence-corrected chi connectivity index (χ1v) is 9.09. The molecule has 3 aromatic rings. The van der Waals surface area contributed by atoms with E-state index in [1.54, 1.807) is 42.3 Å². The van der Waals surface area contributed by atoms with Crippen LogP contribution in [0.2, 0.25) is 0 Å². The van der Waals surface area contributed by atoms with Crippen molar-refractivity contribution in [2.24, 2.45) is 10.1 Å². The Morgan fingerprint density at radius 2 is 1.93 bits per heavy atom. The molecule has 0 bridgehead atoms. The van der Waals surface area contributed by atoms with Crippen molar-refractivity contribution in [1.82, 2.24) is 4.68 Å². The van der Waals surface area contributed by atoms with Gasteiger partial charge in [-0.25, -0.2) is 9.07 Å². The van der Waals surface area contributed by atoms with Gasteiger partial charge in [-0.2, -0.15) is 10.4 Å². The number of hydrogen-bond acceptors (Lipinski definition) is 5. The summed E-state index contributed by atoms with van der Waals surface area (Å²) >= 11 is 1.46. The number of nitriles is 1. The Kier molecular flexibility index (Phi) is 6.26. The second kappa shape index (κ2) is 9.03. The van der Waals surface area contributed by atoms with Gasteiger partial charge >= 0.3 is 0 Å². The molecule has 0 saturated heterocycles. The molecule has 0 fully saturated rings. The standard InChI is InChI=1S/C20H17FN4OS/c1-26-11-10-23-20-25(24-13-16-4-2-15(12-22)3-5-16)19(14-27-20)17-6-8-18(21)9-7-17/h2-9,13-14H,10-11H2,1H3/b23-20?,24-13-. The van der Waals surface area contributed by atoms with Crippen molar-refractivity contribution in [3.05, 3.63) is 75.7 Å². The van der Waals surface area contributed by atoms with E-state index in [0.717, 1.165) is 21.6 Å². The zero-order valence-corrected chi connectivity index (χ0v) is 15.5. The molecule has 0 aliphatic carbocycles. The fourth-order valence-electron chi connectivity index (χ4n) is 2.34. The van der Waals surface area contributed by atoms with Crippen molar-refractivity contribution in [1.29, 1.82) is 5.26 Å². The quantitative estimate of drug-likeness (QED) is 0.484. The molecule has 27 heavy (non-hydrogen) atoms. The highest BCUT2D eigenvalue weighted by atomic mass is 32.1. The monoisotopic (exact) mass is 380 g/mol. The second-order valence-corrected chi connectivity index (χ2v) is 6.41. The fourth-order valence-corrected chi connectivity index (χ4v) is 3.20. The zero-order chi connectivity index (χ0) is 19.1. The normalized spacial score (nSPS) is 11.8. The maximum atomic E-state index is 13.3. The smallest absolute Gasteiger partial charge is 0.206 e. The lowest BCUT2D eigenvalue weighted by Gasteiger charge is -2.04. The molecule has 0 atom stereocenters. The highest BCUT2D eigenvalue weighted by Crippen LogP contribution is 2.20. The largest absolute Gasteiger partial charge is 0.383 e. The third-order valence-corrected chi connectivity index (χ3v) is 4.58. The third-order valence-electron chi connectivity index (χ3n) is 3.73. The Labute approximate surface area is 160 Å². The molecule has 0 saturated carbocycles. The lowest BCUT2D eigenvalue weighted by molar-refractivity contribution is 0.207. The van der Waals surface area contributed by atoms with Crippen LogP contribution < -0.4 is 4.80 Å². The lowest BCUT2D eigenvalue weighted by Crippen LogP contribution is -2.13. The predicted octanol–water partition coefficient (Wildman–Crippen LogP) is 3.66. The van der Waals surface area contributed by atoms with Gasteiger partial charge in [0.15, 0.2) is 0 Å². The Morgan fingerprint density at radius 1 is 1.19 bits per heavy atom. The van der Waals surface area contributed by atoms with Gasteiger partial charge in [-0.15, -0.1) is 11.3 Å². The number of rotatable bonds is 6. The van der Waals surface area contributed by atoms with Gasteiger partial charge in [-0.3, -0.25) is 4.99 Å². The number of hydrogen-bond donors (Lipinski definition) is 0. The molecule has 5 nitrogen and oxygen atoms in total. The van der Waals surface area contributed by atoms with E-state index in [0.29, 0.717) is 18.7 Å². The molecule has 7 heteroatoms. The molecular formula is C20H17FN4OS. The Morgan fingerprint density at radius 3 is 2.59 bits per heavy atom. The van der Waals surface area contributed by atoms with Gasteiger partial charge in [0.05, 0.1) is 36.7 Å². The van der Waals surface area contributed by atoms with Crippen molar-refractivity contribution in [2.75, 3.05) is 20.3 Å². The van der Waals surface area contributed by atoms with Crippen LogP contribution in [0.15, 0.2) is 64.0 Å². The van der Waals surface area contributed by atoms with Crippen molar-refractivity contribution >= 4 is 17.6 Å². The number of thiazole rings is 1. The number of methoxy groups -OCH3 is 1. The summed E-state index contributed by atoms with van der Waals surface area (Å²) in [5.41, 5.74) is 3.12. The van der Waals surface area contributed by atoms with Crippen LogP contribution in [0.4, 0.5) is 4.39 Å². The van der Waals surface area contributed by atoms with Crippen LogP contribution in [0, 0.1) is 17.1 Å². The summed E-state index contributed by atoms with van der Waals surface area (Å²) in [6.45, 7) is 1.04. The molecule has 0 aliphatic rings. The number of halogens is 1. The van der Waals surface area contributed by atoms with Crippen LogP contribution in [-0.2, 0) is 4.74 Å². The van der Waals surface area contributed by atoms with Gasteiger partial charge in [0.1, 0.15) is 5.82 Å². The van der Waals surface area contributed by atoms with Crippen molar-refractivity contribution < 1.29 is 9.13 Å². The van der Waals surface area contributed by atoms with E-state index in [9.17, 15) is 4.39 Å². The molecule has 3 rings (SSSR count). The minimum atomic E-state index is -0.286. The van der Waals surface area contributed by atoms with E-state index in [4.69, 9.17) is 10.00 Å². The van der Waals surface area contributed by atoms with E-state index in [2.05, 4.69) is 16.2 Å². The fraction of sp³-hybridized carbons (Fsp3) is 0.150. The second-order valence-electron chi connectivity index (χ2n) is 5.58. The van der Waals surface area contributed by atoms with Crippen LogP contribution in [0.1, 0.15) is 11.1 Å². The highest BCUT2D eigenvalue weighted by molar-refractivity contribution is 7.07. The van der Waals surface area contributed by atoms with E-state index >= 15 is 0 Å². The molecule has 0 radical (unpaired) electrons. The van der Waals surface area contributed by atoms with E-state index in [1.807, 2.05) is 17.5 Å². The molecule has 0 N–H and O–H groups in total. The summed E-state index contributed by atoms with van der Waals surface area (Å²) in [6.07, 6.45) is 1.70. The first-order valence-electron chi connectivity index (χ1n) is 8.21. The Balaban J connectivity index is 2.00. The summed E-state index contributed by atoms with van der Waals surface area (Å²) in [6, 6.07) is 15.5. The third kappa shape index (κ3) is 4.76. The van der Waals surface area contributed by atoms with Crippen LogP contribution in [0.5, 0.6) is 0 Å². The van der Waals surface area contributed by atoms with Gasteiger partial charge in [0.25, 0.3) is 0 Å². The summed E-state index contributed by atoms with van der Waals surface area (Å²) in [5.74, 6) is -0.286. The van der Waals surface area contributed by atoms with Crippen molar-refractivity contribution in [3.8, 4) is 17.3 Å². The van der Waals surface area contributed by atoms with Crippen LogP contribution >= 0.6 is 11.3 Å². The Bertz CT molecular complexity index is 1030. The molecule has 1 aromatic heterocycles. The van der Waals surface area contributed by atoms with E-state index in [1.165, 1.54) is 23.5 Å². The number of nitrogens with zero attached hydrogens (tertiary/aromatic N) is 4. The minimum absolute atomic E-state index is 0.286. The average Bonchev–Trinajstić information content (AvgIpc) is 3.10. The average molecular weight is 380 g/mol. The molecule has 136 valence electrons. The predicted molar refractivity (Wildman–Crippen MR) is 104 cm³/mol. The number of benzene rings is 2. The SMILES string of the molecule is COCCN=c1scc(-c2ccc(F)cc2)n1/N=C\c1ccc(C#N)cc1. The van der Waals surface area contributed by atoms with E-state index < -0.39 is 0 Å². The molecule has 0 unspecified atom stereocenters. The lowest BCUT2D eigenvalue weighted by atomic mass is 10.2. The highest BCUT2D eigenvalue weighted by Gasteiger charge is 2.07. The molecule has 0 aliphatic heterocycles. The summed E-state index contributed by atoms with van der Waals surface area (Å²) in [5, 5.41) is 15.4. The minimum Gasteiger partial charge on any atom is -0.383 e. The molecule has 1 heterocycles. The van der Waals surface area contributed by atoms with Gasteiger partial charge in [0.2, 0.25) is 4.80 Å². The topological polar surface area (TPSA) is 62.7 Å². The number of ether oxygens (including phenoxy) is 1. The molecular weight excluding hydrogens is 363 g/mol. The van der Waals surface area contributed by atoms with Gasteiger partial charge in [-0.1, -0.05) is 12.1 Å². The van der Waals surface area contributed by atoms with E-state index in [-0.39, 0.29) is 5.82 Å². The van der Waals surface area contributed by atoms with Crippen molar-refractivity contribution in [3.63, 3.8) is 0 Å². The zero-order valence-electron chi connectivity index (χ0n) is 14.7. The summed E-state index contributed by atoms with van der Waals surface area (Å²) in [7, 11) is 1.63. The van der Waals surface area contributed by atoms with Crippen LogP contribution in [-0.4, -0.2) is 31.2 Å². The first-order chi connectivity index (χ1) is 13.2. The van der Waals surface area contributed by atoms with Gasteiger partial charge in [0, 0.05) is 18.1 Å². The maximum Gasteiger partial charge on any atom is 0.206 e. The summed E-state index contributed by atoms with van der Waals surface area (Å²) < 4.78 is 20.0. The van der Waals surface area contributed by atoms with Crippen LogP contribution in [0.3, 0.4) is 0 Å². The summed E-state index contributed by atoms with van der Waals surface area (Å²) in [4.78, 5) is 5.24. The Hall–Kier alpha value is -3.08. The first kappa shape index (κ1) is 18.7. The van der Waals surface area contributed by atoms with Crippen molar-refractivity contribution in [2.45, 2.75) is 0 Å². The van der Waals surface area contributed by atoms with Crippen LogP contribution in [0.25, 0.3) is 11.3 Å². The maximum absolute atomic E-state index is 13.3. The molecule has 0 amide bonds. The number of aromatic nitrogens is 1. The van der Waals surface area contributed by atoms with Gasteiger partial charge < -0.3 is 4.74 Å². The van der Waals surface area contributed by atoms with Gasteiger partial charge in [-0.05, 0) is 42.0 Å². The molecule has 0 spiro atoms.